The van der Waals surface area contributed by atoms with Gasteiger partial charge in [-0.3, -0.25) is 9.69 Å². The van der Waals surface area contributed by atoms with Crippen LogP contribution < -0.4 is 0 Å². The van der Waals surface area contributed by atoms with E-state index < -0.39 is 5.60 Å². The molecule has 0 saturated carbocycles. The van der Waals surface area contributed by atoms with Crippen molar-refractivity contribution in [2.45, 2.75) is 64.9 Å². The lowest BCUT2D eigenvalue weighted by atomic mass is 9.89. The molecule has 1 heterocycles. The van der Waals surface area contributed by atoms with E-state index in [9.17, 15) is 9.90 Å². The molecule has 1 rings (SSSR count). The molecule has 0 atom stereocenters. The zero-order chi connectivity index (χ0) is 15.0. The molecule has 1 aliphatic heterocycles. The second-order valence-electron chi connectivity index (χ2n) is 6.21. The van der Waals surface area contributed by atoms with E-state index in [0.717, 1.165) is 51.6 Å². The van der Waals surface area contributed by atoms with Crippen molar-refractivity contribution in [1.29, 1.82) is 0 Å². The zero-order valence-corrected chi connectivity index (χ0v) is 13.5. The van der Waals surface area contributed by atoms with Crippen molar-refractivity contribution in [3.63, 3.8) is 0 Å². The maximum Gasteiger partial charge on any atom is 0.236 e. The Morgan fingerprint density at radius 3 is 2.10 bits per heavy atom. The Kier molecular flexibility index (Phi) is 7.52. The summed E-state index contributed by atoms with van der Waals surface area (Å²) in [4.78, 5) is 16.4. The van der Waals surface area contributed by atoms with Crippen LogP contribution in [0.15, 0.2) is 0 Å². The van der Waals surface area contributed by atoms with Crippen molar-refractivity contribution in [3.8, 4) is 0 Å². The predicted octanol–water partition coefficient (Wildman–Crippen LogP) is 2.26. The molecule has 0 unspecified atom stereocenters. The van der Waals surface area contributed by atoms with Crippen LogP contribution >= 0.6 is 0 Å². The molecule has 1 aliphatic rings. The number of amides is 1. The molecule has 1 amide bonds. The second kappa shape index (κ2) is 8.63. The normalized spacial score (nSPS) is 17.8. The lowest BCUT2D eigenvalue weighted by Crippen LogP contribution is -2.63. The molecule has 0 aromatic carbocycles. The summed E-state index contributed by atoms with van der Waals surface area (Å²) in [7, 11) is 0. The average molecular weight is 284 g/mol. The Bertz CT molecular complexity index is 280. The standard InChI is InChI=1S/C16H32N2O2/c1-4-7-10-18(11-8-5-2)15(19)12-17-13-16(20,14-17)9-6-3/h20H,4-14H2,1-3H3. The van der Waals surface area contributed by atoms with E-state index in [1.54, 1.807) is 0 Å². The number of β-amino-alcohol motifs (C(OH)–C–C–N with tert-alkyl or cyclic N) is 1. The monoisotopic (exact) mass is 284 g/mol. The number of nitrogens with zero attached hydrogens (tertiary/aromatic N) is 2. The minimum Gasteiger partial charge on any atom is -0.387 e. The van der Waals surface area contributed by atoms with Gasteiger partial charge < -0.3 is 10.0 Å². The molecule has 1 fully saturated rings. The van der Waals surface area contributed by atoms with E-state index in [1.165, 1.54) is 0 Å². The van der Waals surface area contributed by atoms with Gasteiger partial charge in [0.15, 0.2) is 0 Å². The van der Waals surface area contributed by atoms with E-state index >= 15 is 0 Å². The van der Waals surface area contributed by atoms with Crippen molar-refractivity contribution in [2.75, 3.05) is 32.7 Å². The number of likely N-dealkylation sites (tertiary alicyclic amines) is 1. The molecule has 1 N–H and O–H groups in total. The van der Waals surface area contributed by atoms with Crippen LogP contribution in [0.2, 0.25) is 0 Å². The molecule has 0 aliphatic carbocycles. The van der Waals surface area contributed by atoms with Gasteiger partial charge in [0.25, 0.3) is 0 Å². The number of rotatable bonds is 10. The number of carbonyl (C=O) groups is 1. The maximum atomic E-state index is 12.3. The van der Waals surface area contributed by atoms with Crippen molar-refractivity contribution < 1.29 is 9.90 Å². The number of hydrogen-bond acceptors (Lipinski definition) is 3. The highest BCUT2D eigenvalue weighted by molar-refractivity contribution is 5.78. The van der Waals surface area contributed by atoms with Gasteiger partial charge in [0.1, 0.15) is 0 Å². The molecule has 4 nitrogen and oxygen atoms in total. The van der Waals surface area contributed by atoms with Gasteiger partial charge in [-0.2, -0.15) is 0 Å². The number of carbonyl (C=O) groups excluding carboxylic acids is 1. The summed E-state index contributed by atoms with van der Waals surface area (Å²) in [5.74, 6) is 0.227. The number of hydrogen-bond donors (Lipinski definition) is 1. The van der Waals surface area contributed by atoms with Crippen LogP contribution in [0.4, 0.5) is 0 Å². The Balaban J connectivity index is 2.35. The predicted molar refractivity (Wildman–Crippen MR) is 82.7 cm³/mol. The van der Waals surface area contributed by atoms with E-state index in [1.807, 2.05) is 4.90 Å². The molecule has 0 aromatic heterocycles. The zero-order valence-electron chi connectivity index (χ0n) is 13.5. The first-order valence-corrected chi connectivity index (χ1v) is 8.27. The summed E-state index contributed by atoms with van der Waals surface area (Å²) in [6.45, 7) is 9.93. The molecule has 20 heavy (non-hydrogen) atoms. The molecule has 0 radical (unpaired) electrons. The second-order valence-corrected chi connectivity index (χ2v) is 6.21. The third-order valence-corrected chi connectivity index (χ3v) is 4.03. The van der Waals surface area contributed by atoms with E-state index in [-0.39, 0.29) is 5.91 Å². The minimum atomic E-state index is -0.535. The highest BCUT2D eigenvalue weighted by Gasteiger charge is 2.40. The number of aliphatic hydroxyl groups is 1. The lowest BCUT2D eigenvalue weighted by Gasteiger charge is -2.46. The summed E-state index contributed by atoms with van der Waals surface area (Å²) in [6.07, 6.45) is 6.24. The highest BCUT2D eigenvalue weighted by Crippen LogP contribution is 2.25. The van der Waals surface area contributed by atoms with Gasteiger partial charge in [-0.1, -0.05) is 40.0 Å². The average Bonchev–Trinajstić information content (AvgIpc) is 2.37. The molecular weight excluding hydrogens is 252 g/mol. The topological polar surface area (TPSA) is 43.8 Å². The lowest BCUT2D eigenvalue weighted by molar-refractivity contribution is -0.142. The smallest absolute Gasteiger partial charge is 0.236 e. The summed E-state index contributed by atoms with van der Waals surface area (Å²) in [5.41, 5.74) is -0.535. The van der Waals surface area contributed by atoms with Crippen LogP contribution in [0.5, 0.6) is 0 Å². The van der Waals surface area contributed by atoms with Crippen LogP contribution in [0.3, 0.4) is 0 Å². The van der Waals surface area contributed by atoms with Gasteiger partial charge in [-0.15, -0.1) is 0 Å². The third kappa shape index (κ3) is 5.41. The van der Waals surface area contributed by atoms with E-state index in [2.05, 4.69) is 25.7 Å². The highest BCUT2D eigenvalue weighted by atomic mass is 16.3. The molecule has 1 saturated heterocycles. The fourth-order valence-electron chi connectivity index (χ4n) is 2.87. The Labute approximate surface area is 124 Å². The van der Waals surface area contributed by atoms with Crippen molar-refractivity contribution >= 4 is 5.91 Å². The first kappa shape index (κ1) is 17.4. The van der Waals surface area contributed by atoms with Gasteiger partial charge in [-0.05, 0) is 19.3 Å². The van der Waals surface area contributed by atoms with Crippen LogP contribution in [0, 0.1) is 0 Å². The van der Waals surface area contributed by atoms with Crippen molar-refractivity contribution in [2.24, 2.45) is 0 Å². The molecule has 0 bridgehead atoms. The first-order chi connectivity index (χ1) is 9.54. The molecule has 0 aromatic rings. The summed E-state index contributed by atoms with van der Waals surface area (Å²) >= 11 is 0. The molecule has 0 spiro atoms. The van der Waals surface area contributed by atoms with Crippen LogP contribution in [-0.4, -0.2) is 59.1 Å². The third-order valence-electron chi connectivity index (χ3n) is 4.03. The molecule has 4 heteroatoms. The minimum absolute atomic E-state index is 0.227. The van der Waals surface area contributed by atoms with Gasteiger partial charge in [0.2, 0.25) is 5.91 Å². The van der Waals surface area contributed by atoms with Crippen LogP contribution in [0.1, 0.15) is 59.3 Å². The van der Waals surface area contributed by atoms with Gasteiger partial charge in [0, 0.05) is 26.2 Å². The largest absolute Gasteiger partial charge is 0.387 e. The first-order valence-electron chi connectivity index (χ1n) is 8.27. The fourth-order valence-corrected chi connectivity index (χ4v) is 2.87. The van der Waals surface area contributed by atoms with E-state index in [4.69, 9.17) is 0 Å². The van der Waals surface area contributed by atoms with Crippen LogP contribution in [0.25, 0.3) is 0 Å². The Hall–Kier alpha value is -0.610. The maximum absolute atomic E-state index is 12.3. The quantitative estimate of drug-likeness (QED) is 0.669. The van der Waals surface area contributed by atoms with Crippen molar-refractivity contribution in [1.82, 2.24) is 9.80 Å². The van der Waals surface area contributed by atoms with Crippen LogP contribution in [-0.2, 0) is 4.79 Å². The SMILES string of the molecule is CCCCN(CCCC)C(=O)CN1CC(O)(CCC)C1. The van der Waals surface area contributed by atoms with Gasteiger partial charge in [-0.25, -0.2) is 0 Å². The van der Waals surface area contributed by atoms with Gasteiger partial charge >= 0.3 is 0 Å². The summed E-state index contributed by atoms with van der Waals surface area (Å²) in [6, 6.07) is 0. The number of unbranched alkanes of at least 4 members (excludes halogenated alkanes) is 2. The Morgan fingerprint density at radius 2 is 1.65 bits per heavy atom. The summed E-state index contributed by atoms with van der Waals surface area (Å²) < 4.78 is 0. The van der Waals surface area contributed by atoms with Gasteiger partial charge in [0.05, 0.1) is 12.1 Å². The van der Waals surface area contributed by atoms with Crippen molar-refractivity contribution in [3.05, 3.63) is 0 Å². The van der Waals surface area contributed by atoms with E-state index in [0.29, 0.717) is 19.6 Å². The molecular formula is C16H32N2O2. The molecule has 118 valence electrons. The summed E-state index contributed by atoms with van der Waals surface area (Å²) in [5, 5.41) is 10.1. The fraction of sp³-hybridized carbons (Fsp3) is 0.938. The Morgan fingerprint density at radius 1 is 1.10 bits per heavy atom.